The van der Waals surface area contributed by atoms with Crippen LogP contribution in [-0.2, 0) is 11.0 Å². The fourth-order valence-corrected chi connectivity index (χ4v) is 9.43. The van der Waals surface area contributed by atoms with Gasteiger partial charge in [0.25, 0.3) is 0 Å². The fraction of sp³-hybridized carbons (Fsp3) is 0.0392. The van der Waals surface area contributed by atoms with E-state index in [0.29, 0.717) is 6.01 Å². The largest absolute Gasteiger partial charge is 0.425 e. The molecule has 0 bridgehead atoms. The van der Waals surface area contributed by atoms with Crippen molar-refractivity contribution < 1.29 is 4.74 Å². The van der Waals surface area contributed by atoms with Crippen molar-refractivity contribution in [1.29, 1.82) is 0 Å². The summed E-state index contributed by atoms with van der Waals surface area (Å²) >= 11 is 0. The third-order valence-corrected chi connectivity index (χ3v) is 11.6. The van der Waals surface area contributed by atoms with E-state index < -0.39 is 11.0 Å². The zero-order valence-electron chi connectivity index (χ0n) is 30.0. The zero-order chi connectivity index (χ0) is 36.4. The Hall–Kier alpha value is -7.17. The van der Waals surface area contributed by atoms with Crippen molar-refractivity contribution in [2.75, 3.05) is 4.90 Å². The Morgan fingerprint density at radius 1 is 0.418 bits per heavy atom. The number of ether oxygens (including phenoxy) is 1. The van der Waals surface area contributed by atoms with Gasteiger partial charge in [-0.25, -0.2) is 0 Å². The molecule has 0 saturated carbocycles. The molecule has 1 aromatic heterocycles. The highest BCUT2D eigenvalue weighted by atomic mass is 16.5. The summed E-state index contributed by atoms with van der Waals surface area (Å²) in [7, 11) is 0. The molecule has 3 heterocycles. The van der Waals surface area contributed by atoms with Crippen LogP contribution in [0, 0.1) is 0 Å². The Balaban J connectivity index is 1.19. The van der Waals surface area contributed by atoms with E-state index in [2.05, 4.69) is 216 Å². The van der Waals surface area contributed by atoms with E-state index >= 15 is 0 Å². The van der Waals surface area contributed by atoms with Gasteiger partial charge in [0, 0.05) is 17.3 Å². The van der Waals surface area contributed by atoms with Crippen molar-refractivity contribution in [3.8, 4) is 11.8 Å². The van der Waals surface area contributed by atoms with Crippen LogP contribution in [0.3, 0.4) is 0 Å². The average molecular weight is 706 g/mol. The minimum Gasteiger partial charge on any atom is -0.425 e. The van der Waals surface area contributed by atoms with Crippen molar-refractivity contribution in [3.63, 3.8) is 0 Å². The number of imidazole rings is 1. The highest BCUT2D eigenvalue weighted by Gasteiger charge is 2.49. The second-order valence-corrected chi connectivity index (χ2v) is 14.3. The number of nitrogens with zero attached hydrogens (tertiary/aromatic N) is 3. The van der Waals surface area contributed by atoms with Crippen LogP contribution < -0.4 is 9.64 Å². The number of fused-ring (bicyclic) bond motifs is 6. The topological polar surface area (TPSA) is 30.3 Å². The van der Waals surface area contributed by atoms with E-state index in [1.54, 1.807) is 0 Å². The molecule has 0 atom stereocenters. The van der Waals surface area contributed by atoms with Crippen molar-refractivity contribution in [2.24, 2.45) is 0 Å². The van der Waals surface area contributed by atoms with Crippen LogP contribution in [-0.4, -0.2) is 9.55 Å². The first-order chi connectivity index (χ1) is 27.3. The minimum absolute atomic E-state index is 0.544. The molecule has 0 saturated heterocycles. The van der Waals surface area contributed by atoms with E-state index in [1.165, 1.54) is 22.3 Å². The van der Waals surface area contributed by atoms with Gasteiger partial charge in [0.1, 0.15) is 11.3 Å². The lowest BCUT2D eigenvalue weighted by molar-refractivity contribution is 0.336. The van der Waals surface area contributed by atoms with Crippen molar-refractivity contribution in [1.82, 2.24) is 9.55 Å². The summed E-state index contributed by atoms with van der Waals surface area (Å²) in [5, 5.41) is 0. The van der Waals surface area contributed by atoms with Gasteiger partial charge in [-0.2, -0.15) is 4.98 Å². The number of benzene rings is 8. The Kier molecular flexibility index (Phi) is 6.95. The molecular weight excluding hydrogens is 671 g/mol. The van der Waals surface area contributed by atoms with Gasteiger partial charge < -0.3 is 9.64 Å². The SMILES string of the molecule is c1ccc(C2(c3ccccc3)c3ccccc3N(c3ccc4c(c3)Oc3nc5ccccc5n3C4(c3ccccc3)c3ccccc3)c3ccccc32)cc1. The third kappa shape index (κ3) is 4.37. The lowest BCUT2D eigenvalue weighted by atomic mass is 9.62. The maximum absolute atomic E-state index is 6.97. The molecule has 0 radical (unpaired) electrons. The molecule has 0 amide bonds. The summed E-state index contributed by atoms with van der Waals surface area (Å²) < 4.78 is 9.26. The first kappa shape index (κ1) is 31.4. The van der Waals surface area contributed by atoms with Gasteiger partial charge in [-0.3, -0.25) is 4.57 Å². The van der Waals surface area contributed by atoms with Crippen LogP contribution in [0.15, 0.2) is 212 Å². The molecule has 4 nitrogen and oxygen atoms in total. The third-order valence-electron chi connectivity index (χ3n) is 11.6. The lowest BCUT2D eigenvalue weighted by Gasteiger charge is -2.47. The molecule has 9 aromatic rings. The monoisotopic (exact) mass is 705 g/mol. The molecule has 0 fully saturated rings. The minimum atomic E-state index is -0.756. The molecule has 0 aliphatic carbocycles. The average Bonchev–Trinajstić information content (AvgIpc) is 3.64. The summed E-state index contributed by atoms with van der Waals surface area (Å²) in [6.07, 6.45) is 0. The maximum Gasteiger partial charge on any atom is 0.304 e. The van der Waals surface area contributed by atoms with Crippen molar-refractivity contribution >= 4 is 28.1 Å². The summed E-state index contributed by atoms with van der Waals surface area (Å²) in [6, 6.07) is 76.7. The number of anilines is 3. The number of aromatic nitrogens is 2. The Labute approximate surface area is 320 Å². The van der Waals surface area contributed by atoms with Crippen molar-refractivity contribution in [3.05, 3.63) is 251 Å². The van der Waals surface area contributed by atoms with Gasteiger partial charge in [0.05, 0.1) is 27.8 Å². The molecule has 4 heteroatoms. The van der Waals surface area contributed by atoms with E-state index in [1.807, 2.05) is 6.07 Å². The normalized spacial score (nSPS) is 14.6. The predicted molar refractivity (Wildman–Crippen MR) is 221 cm³/mol. The van der Waals surface area contributed by atoms with Crippen LogP contribution in [0.2, 0.25) is 0 Å². The predicted octanol–water partition coefficient (Wildman–Crippen LogP) is 12.1. The molecule has 0 spiro atoms. The van der Waals surface area contributed by atoms with E-state index in [9.17, 15) is 0 Å². The molecule has 0 N–H and O–H groups in total. The van der Waals surface area contributed by atoms with E-state index in [-0.39, 0.29) is 0 Å². The summed E-state index contributed by atoms with van der Waals surface area (Å²) in [4.78, 5) is 7.53. The first-order valence-electron chi connectivity index (χ1n) is 18.8. The summed E-state index contributed by atoms with van der Waals surface area (Å²) in [5.74, 6) is 0.769. The number of hydrogen-bond donors (Lipinski definition) is 0. The Morgan fingerprint density at radius 2 is 0.891 bits per heavy atom. The molecule has 8 aromatic carbocycles. The van der Waals surface area contributed by atoms with Crippen molar-refractivity contribution in [2.45, 2.75) is 11.0 Å². The summed E-state index contributed by atoms with van der Waals surface area (Å²) in [5.41, 5.74) is 12.0. The maximum atomic E-state index is 6.97. The standard InChI is InChI=1S/C51H35N3O/c1-5-19-36(20-6-1)50(37-21-7-2-8-22-37)41-27-13-16-30-45(41)53(46-31-17-14-28-42(46)50)40-33-34-43-48(35-40)55-49-52-44-29-15-18-32-47(44)54(49)51(43,38-23-9-3-10-24-38)39-25-11-4-12-26-39/h1-35H. The molecule has 260 valence electrons. The van der Waals surface area contributed by atoms with Gasteiger partial charge in [-0.15, -0.1) is 0 Å². The summed E-state index contributed by atoms with van der Waals surface area (Å²) in [6.45, 7) is 0. The second-order valence-electron chi connectivity index (χ2n) is 14.3. The van der Waals surface area contributed by atoms with Crippen LogP contribution in [0.1, 0.15) is 38.9 Å². The number of para-hydroxylation sites is 4. The molecular formula is C51H35N3O. The van der Waals surface area contributed by atoms with Gasteiger partial charge in [0.15, 0.2) is 0 Å². The Morgan fingerprint density at radius 3 is 1.45 bits per heavy atom. The van der Waals surface area contributed by atoms with Gasteiger partial charge in [0.2, 0.25) is 0 Å². The van der Waals surface area contributed by atoms with Gasteiger partial charge in [-0.1, -0.05) is 176 Å². The molecule has 0 unspecified atom stereocenters. The molecule has 2 aliphatic heterocycles. The molecule has 11 rings (SSSR count). The number of rotatable bonds is 5. The highest BCUT2D eigenvalue weighted by Crippen LogP contribution is 2.59. The quantitative estimate of drug-likeness (QED) is 0.179. The lowest BCUT2D eigenvalue weighted by Crippen LogP contribution is -2.40. The number of hydrogen-bond acceptors (Lipinski definition) is 3. The van der Waals surface area contributed by atoms with E-state index in [0.717, 1.165) is 50.5 Å². The van der Waals surface area contributed by atoms with Gasteiger partial charge in [-0.05, 0) is 63.7 Å². The van der Waals surface area contributed by atoms with Crippen LogP contribution in [0.25, 0.3) is 11.0 Å². The van der Waals surface area contributed by atoms with Crippen LogP contribution in [0.4, 0.5) is 17.1 Å². The van der Waals surface area contributed by atoms with Gasteiger partial charge >= 0.3 is 6.01 Å². The second kappa shape index (κ2) is 12.2. The molecule has 55 heavy (non-hydrogen) atoms. The smallest absolute Gasteiger partial charge is 0.304 e. The van der Waals surface area contributed by atoms with Crippen LogP contribution in [0.5, 0.6) is 11.8 Å². The first-order valence-corrected chi connectivity index (χ1v) is 18.8. The van der Waals surface area contributed by atoms with E-state index in [4.69, 9.17) is 9.72 Å². The highest BCUT2D eigenvalue weighted by molar-refractivity contribution is 5.90. The Bertz CT molecular complexity index is 2720. The fourth-order valence-electron chi connectivity index (χ4n) is 9.43. The zero-order valence-corrected chi connectivity index (χ0v) is 30.0. The molecule has 2 aliphatic rings. The van der Waals surface area contributed by atoms with Crippen LogP contribution >= 0.6 is 0 Å².